The summed E-state index contributed by atoms with van der Waals surface area (Å²) in [5.74, 6) is -0.298. The van der Waals surface area contributed by atoms with Gasteiger partial charge in [0.1, 0.15) is 5.60 Å². The number of carbonyl (C=O) groups is 2. The van der Waals surface area contributed by atoms with Gasteiger partial charge in [-0.1, -0.05) is 12.1 Å². The molecular formula is C14H19NO4. The van der Waals surface area contributed by atoms with Crippen molar-refractivity contribution < 1.29 is 19.1 Å². The molecule has 0 saturated heterocycles. The summed E-state index contributed by atoms with van der Waals surface area (Å²) < 4.78 is 9.70. The average molecular weight is 265 g/mol. The number of ether oxygens (including phenoxy) is 2. The van der Waals surface area contributed by atoms with Gasteiger partial charge < -0.3 is 9.47 Å². The molecule has 5 nitrogen and oxygen atoms in total. The SMILES string of the molecule is COC(=O)Cc1ccc(NC(=O)OC(C)(C)C)cc1. The molecule has 0 saturated carbocycles. The number of nitrogens with one attached hydrogen (secondary N) is 1. The molecule has 0 unspecified atom stereocenters. The minimum absolute atomic E-state index is 0.212. The first-order valence-electron chi connectivity index (χ1n) is 5.96. The highest BCUT2D eigenvalue weighted by atomic mass is 16.6. The summed E-state index contributed by atoms with van der Waals surface area (Å²) in [7, 11) is 1.35. The Bertz CT molecular complexity index is 446. The molecule has 0 aliphatic rings. The molecule has 0 spiro atoms. The number of hydrogen-bond donors (Lipinski definition) is 1. The van der Waals surface area contributed by atoms with E-state index < -0.39 is 11.7 Å². The molecule has 0 aromatic heterocycles. The minimum atomic E-state index is -0.533. The lowest BCUT2D eigenvalue weighted by Gasteiger charge is -2.19. The van der Waals surface area contributed by atoms with Crippen LogP contribution >= 0.6 is 0 Å². The summed E-state index contributed by atoms with van der Waals surface area (Å²) in [4.78, 5) is 22.6. The molecule has 1 aromatic rings. The third-order valence-corrected chi connectivity index (χ3v) is 2.18. The lowest BCUT2D eigenvalue weighted by Crippen LogP contribution is -2.27. The lowest BCUT2D eigenvalue weighted by molar-refractivity contribution is -0.139. The van der Waals surface area contributed by atoms with Crippen molar-refractivity contribution in [2.45, 2.75) is 32.8 Å². The number of carbonyl (C=O) groups excluding carboxylic acids is 2. The molecule has 0 bridgehead atoms. The highest BCUT2D eigenvalue weighted by molar-refractivity contribution is 5.85. The number of hydrogen-bond acceptors (Lipinski definition) is 4. The molecule has 104 valence electrons. The van der Waals surface area contributed by atoms with Gasteiger partial charge in [-0.25, -0.2) is 4.79 Å². The number of rotatable bonds is 3. The number of anilines is 1. The first kappa shape index (κ1) is 15.0. The van der Waals surface area contributed by atoms with E-state index in [1.165, 1.54) is 7.11 Å². The predicted molar refractivity (Wildman–Crippen MR) is 72.0 cm³/mol. The second kappa shape index (κ2) is 6.22. The maximum absolute atomic E-state index is 11.5. The van der Waals surface area contributed by atoms with E-state index in [1.54, 1.807) is 45.0 Å². The van der Waals surface area contributed by atoms with Crippen molar-refractivity contribution >= 4 is 17.7 Å². The molecule has 1 rings (SSSR count). The van der Waals surface area contributed by atoms with Crippen LogP contribution in [0.2, 0.25) is 0 Å². The van der Waals surface area contributed by atoms with Crippen molar-refractivity contribution in [3.63, 3.8) is 0 Å². The van der Waals surface area contributed by atoms with Gasteiger partial charge in [-0.15, -0.1) is 0 Å². The number of methoxy groups -OCH3 is 1. The summed E-state index contributed by atoms with van der Waals surface area (Å²) in [5, 5.41) is 2.62. The number of benzene rings is 1. The van der Waals surface area contributed by atoms with Gasteiger partial charge in [-0.2, -0.15) is 0 Å². The fourth-order valence-electron chi connectivity index (χ4n) is 1.37. The highest BCUT2D eigenvalue weighted by Gasteiger charge is 2.16. The third-order valence-electron chi connectivity index (χ3n) is 2.18. The molecule has 0 heterocycles. The van der Waals surface area contributed by atoms with Gasteiger partial charge in [0.25, 0.3) is 0 Å². The zero-order valence-corrected chi connectivity index (χ0v) is 11.6. The Kier molecular flexibility index (Phi) is 4.92. The van der Waals surface area contributed by atoms with Crippen LogP contribution in [0.4, 0.5) is 10.5 Å². The predicted octanol–water partition coefficient (Wildman–Crippen LogP) is 2.75. The van der Waals surface area contributed by atoms with Crippen LogP contribution in [0.15, 0.2) is 24.3 Å². The van der Waals surface area contributed by atoms with Crippen LogP contribution < -0.4 is 5.32 Å². The molecule has 0 radical (unpaired) electrons. The van der Waals surface area contributed by atoms with E-state index in [-0.39, 0.29) is 12.4 Å². The summed E-state index contributed by atoms with van der Waals surface area (Å²) in [6, 6.07) is 6.93. The maximum Gasteiger partial charge on any atom is 0.412 e. The summed E-state index contributed by atoms with van der Waals surface area (Å²) in [6.07, 6.45) is -0.295. The van der Waals surface area contributed by atoms with Crippen molar-refractivity contribution in [1.82, 2.24) is 0 Å². The Balaban J connectivity index is 2.57. The number of esters is 1. The molecule has 0 fully saturated rings. The molecule has 1 N–H and O–H groups in total. The van der Waals surface area contributed by atoms with Crippen molar-refractivity contribution in [3.8, 4) is 0 Å². The van der Waals surface area contributed by atoms with E-state index in [0.29, 0.717) is 5.69 Å². The van der Waals surface area contributed by atoms with Gasteiger partial charge in [0.05, 0.1) is 13.5 Å². The van der Waals surface area contributed by atoms with E-state index in [0.717, 1.165) is 5.56 Å². The lowest BCUT2D eigenvalue weighted by atomic mass is 10.1. The Morgan fingerprint density at radius 3 is 2.21 bits per heavy atom. The monoisotopic (exact) mass is 265 g/mol. The Morgan fingerprint density at radius 2 is 1.74 bits per heavy atom. The first-order chi connectivity index (χ1) is 8.80. The van der Waals surface area contributed by atoms with Crippen LogP contribution in [-0.2, 0) is 20.7 Å². The topological polar surface area (TPSA) is 64.6 Å². The van der Waals surface area contributed by atoms with E-state index in [4.69, 9.17) is 4.74 Å². The van der Waals surface area contributed by atoms with Crippen molar-refractivity contribution in [1.29, 1.82) is 0 Å². The largest absolute Gasteiger partial charge is 0.469 e. The van der Waals surface area contributed by atoms with Crippen molar-refractivity contribution in [3.05, 3.63) is 29.8 Å². The molecule has 19 heavy (non-hydrogen) atoms. The maximum atomic E-state index is 11.5. The van der Waals surface area contributed by atoms with Gasteiger partial charge in [0.15, 0.2) is 0 Å². The van der Waals surface area contributed by atoms with Crippen LogP contribution in [0.25, 0.3) is 0 Å². The van der Waals surface area contributed by atoms with E-state index >= 15 is 0 Å². The average Bonchev–Trinajstić information content (AvgIpc) is 2.29. The van der Waals surface area contributed by atoms with E-state index in [1.807, 2.05) is 0 Å². The molecule has 1 amide bonds. The zero-order chi connectivity index (χ0) is 14.5. The van der Waals surface area contributed by atoms with Gasteiger partial charge >= 0.3 is 12.1 Å². The first-order valence-corrected chi connectivity index (χ1v) is 5.96. The quantitative estimate of drug-likeness (QED) is 0.853. The van der Waals surface area contributed by atoms with Crippen LogP contribution in [0.5, 0.6) is 0 Å². The minimum Gasteiger partial charge on any atom is -0.469 e. The molecule has 0 aliphatic heterocycles. The molecule has 1 aromatic carbocycles. The normalized spacial score (nSPS) is 10.7. The van der Waals surface area contributed by atoms with E-state index in [9.17, 15) is 9.59 Å². The summed E-state index contributed by atoms with van der Waals surface area (Å²) in [5.41, 5.74) is 0.902. The van der Waals surface area contributed by atoms with Gasteiger partial charge in [-0.3, -0.25) is 10.1 Å². The fourth-order valence-corrected chi connectivity index (χ4v) is 1.37. The Morgan fingerprint density at radius 1 is 1.16 bits per heavy atom. The standard InChI is InChI=1S/C14H19NO4/c1-14(2,3)19-13(17)15-11-7-5-10(6-8-11)9-12(16)18-4/h5-8H,9H2,1-4H3,(H,15,17). The van der Waals surface area contributed by atoms with Crippen LogP contribution in [0.3, 0.4) is 0 Å². The molecule has 5 heteroatoms. The van der Waals surface area contributed by atoms with Gasteiger partial charge in [0.2, 0.25) is 0 Å². The number of amides is 1. The Labute approximate surface area is 112 Å². The van der Waals surface area contributed by atoms with E-state index in [2.05, 4.69) is 10.1 Å². The molecular weight excluding hydrogens is 246 g/mol. The third kappa shape index (κ3) is 5.90. The van der Waals surface area contributed by atoms with Gasteiger partial charge in [0, 0.05) is 5.69 Å². The zero-order valence-electron chi connectivity index (χ0n) is 11.6. The second-order valence-corrected chi connectivity index (χ2v) is 5.08. The highest BCUT2D eigenvalue weighted by Crippen LogP contribution is 2.13. The van der Waals surface area contributed by atoms with Gasteiger partial charge in [-0.05, 0) is 38.5 Å². The van der Waals surface area contributed by atoms with Crippen molar-refractivity contribution in [2.24, 2.45) is 0 Å². The van der Waals surface area contributed by atoms with Crippen LogP contribution in [0, 0.1) is 0 Å². The summed E-state index contributed by atoms with van der Waals surface area (Å²) >= 11 is 0. The fraction of sp³-hybridized carbons (Fsp3) is 0.429. The van der Waals surface area contributed by atoms with Crippen LogP contribution in [0.1, 0.15) is 26.3 Å². The second-order valence-electron chi connectivity index (χ2n) is 5.08. The smallest absolute Gasteiger partial charge is 0.412 e. The van der Waals surface area contributed by atoms with Crippen LogP contribution in [-0.4, -0.2) is 24.8 Å². The van der Waals surface area contributed by atoms with Crippen molar-refractivity contribution in [2.75, 3.05) is 12.4 Å². The molecule has 0 aliphatic carbocycles. The molecule has 0 atom stereocenters. The summed E-state index contributed by atoms with van der Waals surface area (Å²) in [6.45, 7) is 5.39. The Hall–Kier alpha value is -2.04.